The number of carboxylic acids is 1. The summed E-state index contributed by atoms with van der Waals surface area (Å²) in [5, 5.41) is 9.57. The highest BCUT2D eigenvalue weighted by Gasteiger charge is 2.43. The fourth-order valence-corrected chi connectivity index (χ4v) is 3.92. The molecule has 4 nitrogen and oxygen atoms in total. The number of aryl methyl sites for hydroxylation is 1. The quantitative estimate of drug-likeness (QED) is 0.692. The Morgan fingerprint density at radius 2 is 2.00 bits per heavy atom. The highest BCUT2D eigenvalue weighted by atomic mass is 16.4. The van der Waals surface area contributed by atoms with Gasteiger partial charge in [-0.05, 0) is 49.4 Å². The van der Waals surface area contributed by atoms with Crippen molar-refractivity contribution in [3.8, 4) is 0 Å². The van der Waals surface area contributed by atoms with Gasteiger partial charge < -0.3 is 9.52 Å². The Kier molecular flexibility index (Phi) is 4.34. The highest BCUT2D eigenvalue weighted by Crippen LogP contribution is 2.55. The molecular weight excluding hydrogens is 340 g/mol. The second kappa shape index (κ2) is 6.69. The molecule has 0 spiro atoms. The zero-order valence-electron chi connectivity index (χ0n) is 15.5. The minimum absolute atomic E-state index is 0.0916. The lowest BCUT2D eigenvalue weighted by Gasteiger charge is -2.10. The van der Waals surface area contributed by atoms with Crippen molar-refractivity contribution >= 4 is 16.9 Å². The number of carbonyl (C=O) groups is 1. The van der Waals surface area contributed by atoms with E-state index in [0.29, 0.717) is 28.9 Å². The van der Waals surface area contributed by atoms with Crippen molar-refractivity contribution in [2.75, 3.05) is 0 Å². The van der Waals surface area contributed by atoms with Crippen LogP contribution >= 0.6 is 0 Å². The van der Waals surface area contributed by atoms with Gasteiger partial charge in [0.2, 0.25) is 0 Å². The SMILES string of the molecule is CCCc1c(C2CC2c2cccc(C)c2)oc2ccc(C(=O)O)cc2c1=O. The number of fused-ring (bicyclic) bond motifs is 1. The van der Waals surface area contributed by atoms with E-state index in [1.807, 2.05) is 6.92 Å². The van der Waals surface area contributed by atoms with Gasteiger partial charge in [-0.1, -0.05) is 43.2 Å². The number of hydrogen-bond donors (Lipinski definition) is 1. The molecule has 27 heavy (non-hydrogen) atoms. The van der Waals surface area contributed by atoms with Crippen LogP contribution in [0.1, 0.15) is 64.4 Å². The maximum absolute atomic E-state index is 13.1. The van der Waals surface area contributed by atoms with E-state index in [1.54, 1.807) is 6.07 Å². The van der Waals surface area contributed by atoms with Crippen molar-refractivity contribution in [3.63, 3.8) is 0 Å². The topological polar surface area (TPSA) is 67.5 Å². The Labute approximate surface area is 157 Å². The van der Waals surface area contributed by atoms with E-state index in [1.165, 1.54) is 23.3 Å². The second-order valence-corrected chi connectivity index (χ2v) is 7.40. The Bertz CT molecular complexity index is 1090. The molecule has 0 amide bonds. The molecular formula is C23H22O4. The standard InChI is InChI=1S/C23H22O4/c1-3-5-16-21(24)19-11-15(23(25)26)8-9-20(19)27-22(16)18-12-17(18)14-7-4-6-13(2)10-14/h4,6-11,17-18H,3,5,12H2,1-2H3,(H,25,26). The lowest BCUT2D eigenvalue weighted by atomic mass is 10.00. The van der Waals surface area contributed by atoms with Crippen molar-refractivity contribution in [1.29, 1.82) is 0 Å². The molecule has 1 saturated carbocycles. The van der Waals surface area contributed by atoms with Crippen molar-refractivity contribution in [3.05, 3.63) is 80.7 Å². The summed E-state index contributed by atoms with van der Waals surface area (Å²) >= 11 is 0. The molecule has 1 heterocycles. The maximum Gasteiger partial charge on any atom is 0.335 e. The molecule has 1 aliphatic carbocycles. The average Bonchev–Trinajstić information content (AvgIpc) is 3.44. The first kappa shape index (κ1) is 17.5. The maximum atomic E-state index is 13.1. The van der Waals surface area contributed by atoms with Gasteiger partial charge in [0, 0.05) is 11.5 Å². The van der Waals surface area contributed by atoms with Gasteiger partial charge in [0.25, 0.3) is 0 Å². The summed E-state index contributed by atoms with van der Waals surface area (Å²) in [6.07, 6.45) is 2.45. The fraction of sp³-hybridized carbons (Fsp3) is 0.304. The molecule has 2 aromatic carbocycles. The molecule has 1 aliphatic rings. The van der Waals surface area contributed by atoms with E-state index in [4.69, 9.17) is 4.42 Å². The highest BCUT2D eigenvalue weighted by molar-refractivity contribution is 5.92. The largest absolute Gasteiger partial charge is 0.478 e. The van der Waals surface area contributed by atoms with Gasteiger partial charge in [0.05, 0.1) is 10.9 Å². The van der Waals surface area contributed by atoms with Crippen LogP contribution in [0.25, 0.3) is 11.0 Å². The first-order chi connectivity index (χ1) is 13.0. The molecule has 3 aromatic rings. The monoisotopic (exact) mass is 362 g/mol. The zero-order chi connectivity index (χ0) is 19.1. The van der Waals surface area contributed by atoms with Crippen LogP contribution in [0.2, 0.25) is 0 Å². The third kappa shape index (κ3) is 3.16. The van der Waals surface area contributed by atoms with E-state index in [9.17, 15) is 14.7 Å². The van der Waals surface area contributed by atoms with Crippen LogP contribution in [-0.4, -0.2) is 11.1 Å². The van der Waals surface area contributed by atoms with Crippen LogP contribution in [-0.2, 0) is 6.42 Å². The van der Waals surface area contributed by atoms with Gasteiger partial charge in [0.1, 0.15) is 11.3 Å². The molecule has 0 saturated heterocycles. The van der Waals surface area contributed by atoms with E-state index in [0.717, 1.165) is 18.6 Å². The van der Waals surface area contributed by atoms with Gasteiger partial charge in [-0.15, -0.1) is 0 Å². The van der Waals surface area contributed by atoms with Crippen LogP contribution in [0, 0.1) is 6.92 Å². The molecule has 0 aliphatic heterocycles. The molecule has 4 rings (SSSR count). The van der Waals surface area contributed by atoms with Crippen LogP contribution in [0.15, 0.2) is 51.7 Å². The van der Waals surface area contributed by atoms with Gasteiger partial charge in [-0.2, -0.15) is 0 Å². The Hall–Kier alpha value is -2.88. The molecule has 0 bridgehead atoms. The van der Waals surface area contributed by atoms with Crippen molar-refractivity contribution < 1.29 is 14.3 Å². The zero-order valence-corrected chi connectivity index (χ0v) is 15.5. The number of aromatic carboxylic acids is 1. The molecule has 138 valence electrons. The van der Waals surface area contributed by atoms with Gasteiger partial charge in [0.15, 0.2) is 5.43 Å². The smallest absolute Gasteiger partial charge is 0.335 e. The predicted molar refractivity (Wildman–Crippen MR) is 105 cm³/mol. The summed E-state index contributed by atoms with van der Waals surface area (Å²) in [6, 6.07) is 13.0. The van der Waals surface area contributed by atoms with Crippen LogP contribution in [0.3, 0.4) is 0 Å². The van der Waals surface area contributed by atoms with E-state index >= 15 is 0 Å². The minimum atomic E-state index is -1.04. The van der Waals surface area contributed by atoms with Crippen molar-refractivity contribution in [2.24, 2.45) is 0 Å². The van der Waals surface area contributed by atoms with E-state index < -0.39 is 5.97 Å². The first-order valence-electron chi connectivity index (χ1n) is 9.39. The molecule has 1 fully saturated rings. The summed E-state index contributed by atoms with van der Waals surface area (Å²) < 4.78 is 6.17. The Balaban J connectivity index is 1.81. The average molecular weight is 362 g/mol. The molecule has 2 atom stereocenters. The Morgan fingerprint density at radius 3 is 2.70 bits per heavy atom. The Morgan fingerprint density at radius 1 is 1.19 bits per heavy atom. The van der Waals surface area contributed by atoms with Crippen LogP contribution in [0.4, 0.5) is 0 Å². The summed E-state index contributed by atoms with van der Waals surface area (Å²) in [7, 11) is 0. The van der Waals surface area contributed by atoms with E-state index in [-0.39, 0.29) is 16.9 Å². The van der Waals surface area contributed by atoms with Gasteiger partial charge in [-0.25, -0.2) is 4.79 Å². The normalized spacial score (nSPS) is 18.6. The summed E-state index contributed by atoms with van der Waals surface area (Å²) in [6.45, 7) is 4.12. The van der Waals surface area contributed by atoms with Crippen LogP contribution < -0.4 is 5.43 Å². The number of hydrogen-bond acceptors (Lipinski definition) is 3. The number of rotatable bonds is 5. The summed E-state index contributed by atoms with van der Waals surface area (Å²) in [5.41, 5.74) is 3.70. The summed E-state index contributed by atoms with van der Waals surface area (Å²) in [5.74, 6) is 0.326. The second-order valence-electron chi connectivity index (χ2n) is 7.40. The number of benzene rings is 2. The molecule has 2 unspecified atom stereocenters. The first-order valence-corrected chi connectivity index (χ1v) is 9.39. The molecule has 0 radical (unpaired) electrons. The third-order valence-corrected chi connectivity index (χ3v) is 5.36. The lowest BCUT2D eigenvalue weighted by Crippen LogP contribution is -2.13. The van der Waals surface area contributed by atoms with Gasteiger partial charge in [-0.3, -0.25) is 4.79 Å². The van der Waals surface area contributed by atoms with Crippen molar-refractivity contribution in [1.82, 2.24) is 0 Å². The fourth-order valence-electron chi connectivity index (χ4n) is 3.92. The third-order valence-electron chi connectivity index (χ3n) is 5.36. The van der Waals surface area contributed by atoms with E-state index in [2.05, 4.69) is 31.2 Å². The predicted octanol–water partition coefficient (Wildman–Crippen LogP) is 5.02. The molecule has 4 heteroatoms. The van der Waals surface area contributed by atoms with Crippen molar-refractivity contribution in [2.45, 2.75) is 44.9 Å². The summed E-state index contributed by atoms with van der Waals surface area (Å²) in [4.78, 5) is 24.3. The molecule has 1 aromatic heterocycles. The number of carboxylic acid groups (broad SMARTS) is 1. The minimum Gasteiger partial charge on any atom is -0.478 e. The molecule has 1 N–H and O–H groups in total. The van der Waals surface area contributed by atoms with Gasteiger partial charge >= 0.3 is 5.97 Å². The lowest BCUT2D eigenvalue weighted by molar-refractivity contribution is 0.0697. The van der Waals surface area contributed by atoms with Crippen LogP contribution in [0.5, 0.6) is 0 Å².